The summed E-state index contributed by atoms with van der Waals surface area (Å²) in [6.45, 7) is 2.52. The lowest BCUT2D eigenvalue weighted by Gasteiger charge is -2.28. The number of imide groups is 2. The Hall–Kier alpha value is -5.44. The van der Waals surface area contributed by atoms with Crippen LogP contribution in [0.25, 0.3) is 43.1 Å². The molecule has 6 aromatic rings. The first kappa shape index (κ1) is 28.1. The minimum Gasteiger partial charge on any atom is -0.314 e. The van der Waals surface area contributed by atoms with Crippen molar-refractivity contribution >= 4 is 66.7 Å². The van der Waals surface area contributed by atoms with Gasteiger partial charge in [-0.3, -0.25) is 29.0 Å². The predicted octanol–water partition coefficient (Wildman–Crippen LogP) is 5.37. The molecule has 0 saturated carbocycles. The van der Waals surface area contributed by atoms with Crippen LogP contribution in [0.1, 0.15) is 41.4 Å². The fourth-order valence-corrected chi connectivity index (χ4v) is 7.00. The maximum atomic E-state index is 13.7. The topological polar surface area (TPSA) is 98.8 Å². The molecular formula is C38H30N4O4. The average molecular weight is 607 g/mol. The molecule has 46 heavy (non-hydrogen) atoms. The van der Waals surface area contributed by atoms with Crippen molar-refractivity contribution < 1.29 is 19.2 Å². The highest BCUT2D eigenvalue weighted by molar-refractivity contribution is 6.31. The number of hydrogen-bond acceptors (Lipinski definition) is 6. The summed E-state index contributed by atoms with van der Waals surface area (Å²) in [5.74, 6) is -1.10. The van der Waals surface area contributed by atoms with Crippen molar-refractivity contribution in [3.8, 4) is 0 Å². The summed E-state index contributed by atoms with van der Waals surface area (Å²) in [7, 11) is 0. The molecule has 0 atom stereocenters. The third-order valence-corrected chi connectivity index (χ3v) is 9.15. The van der Waals surface area contributed by atoms with Crippen LogP contribution in [-0.4, -0.2) is 72.7 Å². The summed E-state index contributed by atoms with van der Waals surface area (Å²) in [5, 5.41) is 13.5. The number of nitrogens with one attached hydrogen (secondary N) is 2. The van der Waals surface area contributed by atoms with Crippen LogP contribution in [-0.2, 0) is 0 Å². The lowest BCUT2D eigenvalue weighted by Crippen LogP contribution is -2.45. The Bertz CT molecular complexity index is 2120. The van der Waals surface area contributed by atoms with E-state index in [0.29, 0.717) is 48.4 Å². The monoisotopic (exact) mass is 606 g/mol. The molecule has 226 valence electrons. The van der Waals surface area contributed by atoms with Crippen LogP contribution < -0.4 is 10.6 Å². The number of hydrogen-bond donors (Lipinski definition) is 2. The minimum absolute atomic E-state index is 0.242. The molecule has 0 aromatic heterocycles. The molecular weight excluding hydrogens is 576 g/mol. The minimum atomic E-state index is -0.279. The molecule has 2 aliphatic rings. The Kier molecular flexibility index (Phi) is 6.82. The van der Waals surface area contributed by atoms with Crippen LogP contribution in [0.4, 0.5) is 0 Å². The maximum absolute atomic E-state index is 13.7. The first-order chi connectivity index (χ1) is 22.5. The SMILES string of the molecule is O=C1c2cccc3cc4ccccc4c(c23)C(=O)N1CCNCCNCCN1C(=O)c2cccc3cc4ccccc4c(c23)C1=O. The van der Waals surface area contributed by atoms with E-state index in [-0.39, 0.29) is 36.7 Å². The van der Waals surface area contributed by atoms with Gasteiger partial charge in [0, 0.05) is 61.2 Å². The van der Waals surface area contributed by atoms with Gasteiger partial charge in [0.05, 0.1) is 11.1 Å². The van der Waals surface area contributed by atoms with Gasteiger partial charge in [0.15, 0.2) is 0 Å². The van der Waals surface area contributed by atoms with Gasteiger partial charge in [0.25, 0.3) is 23.6 Å². The van der Waals surface area contributed by atoms with E-state index in [1.807, 2.05) is 84.9 Å². The second-order valence-electron chi connectivity index (χ2n) is 11.8. The highest BCUT2D eigenvalue weighted by Gasteiger charge is 2.35. The van der Waals surface area contributed by atoms with Crippen molar-refractivity contribution in [2.75, 3.05) is 39.3 Å². The Morgan fingerprint density at radius 2 is 0.848 bits per heavy atom. The van der Waals surface area contributed by atoms with Gasteiger partial charge in [-0.15, -0.1) is 0 Å². The number of nitrogens with zero attached hydrogens (tertiary/aromatic N) is 2. The van der Waals surface area contributed by atoms with E-state index in [2.05, 4.69) is 10.6 Å². The molecule has 2 heterocycles. The number of benzene rings is 6. The van der Waals surface area contributed by atoms with Gasteiger partial charge in [0.1, 0.15) is 0 Å². The van der Waals surface area contributed by atoms with Crippen LogP contribution in [0.5, 0.6) is 0 Å². The summed E-state index contributed by atoms with van der Waals surface area (Å²) in [6, 6.07) is 30.8. The third kappa shape index (κ3) is 4.37. The van der Waals surface area contributed by atoms with Crippen molar-refractivity contribution in [2.24, 2.45) is 0 Å². The molecule has 0 aliphatic carbocycles. The highest BCUT2D eigenvalue weighted by atomic mass is 16.2. The van der Waals surface area contributed by atoms with E-state index in [0.717, 1.165) is 43.1 Å². The molecule has 6 aromatic carbocycles. The highest BCUT2D eigenvalue weighted by Crippen LogP contribution is 2.37. The molecule has 8 rings (SSSR count). The van der Waals surface area contributed by atoms with Crippen molar-refractivity contribution in [2.45, 2.75) is 0 Å². The van der Waals surface area contributed by atoms with Gasteiger partial charge in [-0.25, -0.2) is 0 Å². The van der Waals surface area contributed by atoms with Gasteiger partial charge in [-0.1, -0.05) is 72.8 Å². The lowest BCUT2D eigenvalue weighted by atomic mass is 9.89. The summed E-state index contributed by atoms with van der Waals surface area (Å²) < 4.78 is 0. The maximum Gasteiger partial charge on any atom is 0.262 e. The van der Waals surface area contributed by atoms with E-state index in [1.54, 1.807) is 12.1 Å². The Balaban J connectivity index is 0.881. The molecule has 0 bridgehead atoms. The molecule has 8 nitrogen and oxygen atoms in total. The van der Waals surface area contributed by atoms with Gasteiger partial charge in [-0.2, -0.15) is 0 Å². The van der Waals surface area contributed by atoms with Gasteiger partial charge in [0.2, 0.25) is 0 Å². The predicted molar refractivity (Wildman–Crippen MR) is 179 cm³/mol. The molecule has 0 spiro atoms. The van der Waals surface area contributed by atoms with Crippen LogP contribution in [0.3, 0.4) is 0 Å². The Morgan fingerprint density at radius 3 is 1.30 bits per heavy atom. The van der Waals surface area contributed by atoms with Crippen LogP contribution >= 0.6 is 0 Å². The molecule has 8 heteroatoms. The number of fused-ring (bicyclic) bond motifs is 4. The summed E-state index contributed by atoms with van der Waals surface area (Å²) in [5.41, 5.74) is 2.26. The van der Waals surface area contributed by atoms with Crippen LogP contribution in [0.2, 0.25) is 0 Å². The van der Waals surface area contributed by atoms with Gasteiger partial charge < -0.3 is 10.6 Å². The number of rotatable bonds is 9. The fraction of sp³-hybridized carbons (Fsp3) is 0.158. The average Bonchev–Trinajstić information content (AvgIpc) is 3.08. The summed E-state index contributed by atoms with van der Waals surface area (Å²) >= 11 is 0. The molecule has 2 N–H and O–H groups in total. The molecule has 4 amide bonds. The fourth-order valence-electron chi connectivity index (χ4n) is 7.00. The van der Waals surface area contributed by atoms with E-state index >= 15 is 0 Å². The third-order valence-electron chi connectivity index (χ3n) is 9.15. The van der Waals surface area contributed by atoms with E-state index in [4.69, 9.17) is 0 Å². The molecule has 0 unspecified atom stereocenters. The van der Waals surface area contributed by atoms with Crippen LogP contribution in [0.15, 0.2) is 97.1 Å². The van der Waals surface area contributed by atoms with E-state index in [9.17, 15) is 19.2 Å². The number of amides is 4. The number of carbonyl (C=O) groups excluding carboxylic acids is 4. The van der Waals surface area contributed by atoms with Crippen molar-refractivity contribution in [3.63, 3.8) is 0 Å². The first-order valence-corrected chi connectivity index (χ1v) is 15.6. The zero-order valence-electron chi connectivity index (χ0n) is 25.0. The zero-order chi connectivity index (χ0) is 31.4. The van der Waals surface area contributed by atoms with Gasteiger partial charge >= 0.3 is 0 Å². The number of carbonyl (C=O) groups is 4. The first-order valence-electron chi connectivity index (χ1n) is 15.6. The molecule has 0 radical (unpaired) electrons. The molecule has 0 fully saturated rings. The normalized spacial score (nSPS) is 14.4. The smallest absolute Gasteiger partial charge is 0.262 e. The van der Waals surface area contributed by atoms with Crippen molar-refractivity contribution in [3.05, 3.63) is 119 Å². The van der Waals surface area contributed by atoms with Gasteiger partial charge in [-0.05, 0) is 56.6 Å². The standard InChI is InChI=1S/C38H30N4O4/c43-35-29-13-5-9-25-21-23-7-1-3-11-27(23)33(31(25)29)37(45)41(35)19-17-39-15-16-40-18-20-42-36(44)30-14-6-10-26-22-24-8-2-4-12-28(24)34(32(26)30)38(42)46/h1-14,21-22,39-40H,15-20H2. The van der Waals surface area contributed by atoms with Crippen LogP contribution in [0, 0.1) is 0 Å². The van der Waals surface area contributed by atoms with Crippen molar-refractivity contribution in [1.29, 1.82) is 0 Å². The van der Waals surface area contributed by atoms with E-state index < -0.39 is 0 Å². The molecule has 2 aliphatic heterocycles. The van der Waals surface area contributed by atoms with Crippen molar-refractivity contribution in [1.82, 2.24) is 20.4 Å². The lowest BCUT2D eigenvalue weighted by molar-refractivity contribution is 0.0596. The molecule has 0 saturated heterocycles. The summed E-state index contributed by atoms with van der Waals surface area (Å²) in [6.07, 6.45) is 0. The second kappa shape index (κ2) is 11.2. The zero-order valence-corrected chi connectivity index (χ0v) is 25.0. The summed E-state index contributed by atoms with van der Waals surface area (Å²) in [4.78, 5) is 56.7. The van der Waals surface area contributed by atoms with E-state index in [1.165, 1.54) is 9.80 Å². The Labute approximate surface area is 264 Å². The quantitative estimate of drug-likeness (QED) is 0.131. The largest absolute Gasteiger partial charge is 0.314 e. The second-order valence-corrected chi connectivity index (χ2v) is 11.8. The Morgan fingerprint density at radius 1 is 0.435 bits per heavy atom.